The van der Waals surface area contributed by atoms with E-state index in [9.17, 15) is 0 Å². The molecule has 0 aliphatic carbocycles. The van der Waals surface area contributed by atoms with Crippen LogP contribution in [0.2, 0.25) is 0 Å². The van der Waals surface area contributed by atoms with Gasteiger partial charge in [-0.1, -0.05) is 84.0 Å². The monoisotopic (exact) mass is 351 g/mol. The van der Waals surface area contributed by atoms with Crippen LogP contribution in [0.3, 0.4) is 0 Å². The molecule has 4 rings (SSSR count). The summed E-state index contributed by atoms with van der Waals surface area (Å²) in [5.41, 5.74) is 0. The second-order valence-corrected chi connectivity index (χ2v) is 6.57. The first-order chi connectivity index (χ1) is 12.4. The SMILES string of the molecule is CC.CC.CC.c1ccc(-[s+]2c3ccccc3c3ccccc32)cc1. The highest BCUT2D eigenvalue weighted by Crippen LogP contribution is 2.47. The molecule has 0 saturated heterocycles. The summed E-state index contributed by atoms with van der Waals surface area (Å²) >= 11 is 0. The Morgan fingerprint density at radius 3 is 1.24 bits per heavy atom. The second kappa shape index (κ2) is 11.4. The minimum absolute atomic E-state index is 0.0594. The summed E-state index contributed by atoms with van der Waals surface area (Å²) in [4.78, 5) is 1.40. The van der Waals surface area contributed by atoms with Crippen molar-refractivity contribution in [3.63, 3.8) is 0 Å². The van der Waals surface area contributed by atoms with Crippen molar-refractivity contribution in [2.24, 2.45) is 0 Å². The van der Waals surface area contributed by atoms with Gasteiger partial charge < -0.3 is 0 Å². The van der Waals surface area contributed by atoms with Crippen LogP contribution < -0.4 is 0 Å². The molecule has 0 aliphatic rings. The molecule has 1 heteroatoms. The molecule has 0 saturated carbocycles. The van der Waals surface area contributed by atoms with Crippen LogP contribution in [-0.2, 0) is 0 Å². The topological polar surface area (TPSA) is 0 Å². The highest BCUT2D eigenvalue weighted by Gasteiger charge is 2.22. The molecule has 0 atom stereocenters. The molecule has 0 fully saturated rings. The summed E-state index contributed by atoms with van der Waals surface area (Å²) in [6.07, 6.45) is 0. The maximum absolute atomic E-state index is 2.27. The van der Waals surface area contributed by atoms with E-state index in [1.165, 1.54) is 25.1 Å². The van der Waals surface area contributed by atoms with Crippen molar-refractivity contribution < 1.29 is 0 Å². The van der Waals surface area contributed by atoms with Crippen LogP contribution in [0.5, 0.6) is 0 Å². The molecule has 0 nitrogen and oxygen atoms in total. The van der Waals surface area contributed by atoms with Gasteiger partial charge in [0.05, 0.1) is 0 Å². The van der Waals surface area contributed by atoms with Gasteiger partial charge in [0, 0.05) is 21.2 Å². The molecule has 1 aromatic heterocycles. The Morgan fingerprint density at radius 2 is 0.800 bits per heavy atom. The fraction of sp³-hybridized carbons (Fsp3) is 0.250. The molecule has 0 aliphatic heterocycles. The molecular weight excluding hydrogens is 320 g/mol. The van der Waals surface area contributed by atoms with Crippen molar-refractivity contribution in [1.82, 2.24) is 0 Å². The third kappa shape index (κ3) is 4.49. The summed E-state index contributed by atoms with van der Waals surface area (Å²) in [5.74, 6) is 0. The summed E-state index contributed by atoms with van der Waals surface area (Å²) < 4.78 is 2.91. The first-order valence-corrected chi connectivity index (χ1v) is 10.7. The predicted octanol–water partition coefficient (Wildman–Crippen LogP) is 8.81. The van der Waals surface area contributed by atoms with Gasteiger partial charge in [-0.15, -0.1) is 0 Å². The van der Waals surface area contributed by atoms with Gasteiger partial charge in [-0.05, 0) is 36.4 Å². The first-order valence-electron chi connectivity index (χ1n) is 9.43. The van der Waals surface area contributed by atoms with E-state index in [2.05, 4.69) is 78.9 Å². The Kier molecular flexibility index (Phi) is 9.57. The Labute approximate surface area is 156 Å². The average Bonchev–Trinajstić information content (AvgIpc) is 3.08. The molecular formula is C24H31S+. The van der Waals surface area contributed by atoms with Crippen molar-refractivity contribution >= 4 is 30.6 Å². The maximum Gasteiger partial charge on any atom is 0.187 e. The number of rotatable bonds is 1. The zero-order valence-electron chi connectivity index (χ0n) is 16.4. The number of thiophene rings is 1. The number of benzene rings is 3. The molecule has 132 valence electrons. The van der Waals surface area contributed by atoms with E-state index in [1.807, 2.05) is 41.5 Å². The fourth-order valence-electron chi connectivity index (χ4n) is 2.66. The molecule has 0 radical (unpaired) electrons. The normalized spacial score (nSPS) is 9.20. The van der Waals surface area contributed by atoms with Crippen molar-refractivity contribution in [3.8, 4) is 4.90 Å². The van der Waals surface area contributed by atoms with E-state index in [0.717, 1.165) is 0 Å². The molecule has 3 aromatic carbocycles. The van der Waals surface area contributed by atoms with Crippen molar-refractivity contribution in [2.45, 2.75) is 41.5 Å². The van der Waals surface area contributed by atoms with Gasteiger partial charge in [0.1, 0.15) is 0 Å². The van der Waals surface area contributed by atoms with E-state index >= 15 is 0 Å². The van der Waals surface area contributed by atoms with Crippen LogP contribution in [0.15, 0.2) is 78.9 Å². The van der Waals surface area contributed by atoms with Crippen molar-refractivity contribution in [2.75, 3.05) is 0 Å². The highest BCUT2D eigenvalue weighted by atomic mass is 32.2. The van der Waals surface area contributed by atoms with Gasteiger partial charge in [-0.2, -0.15) is 0 Å². The van der Waals surface area contributed by atoms with E-state index < -0.39 is 0 Å². The predicted molar refractivity (Wildman–Crippen MR) is 119 cm³/mol. The molecule has 0 unspecified atom stereocenters. The zero-order valence-corrected chi connectivity index (χ0v) is 17.2. The maximum atomic E-state index is 2.27. The average molecular weight is 352 g/mol. The Morgan fingerprint density at radius 1 is 0.440 bits per heavy atom. The van der Waals surface area contributed by atoms with Crippen LogP contribution in [0.1, 0.15) is 41.5 Å². The van der Waals surface area contributed by atoms with Gasteiger partial charge in [-0.25, -0.2) is 0 Å². The quantitative estimate of drug-likeness (QED) is 0.300. The third-order valence-corrected chi connectivity index (χ3v) is 5.82. The molecule has 0 spiro atoms. The molecule has 1 heterocycles. The minimum Gasteiger partial charge on any atom is -0.0683 e. The Bertz CT molecular complexity index is 804. The molecule has 4 aromatic rings. The van der Waals surface area contributed by atoms with Crippen molar-refractivity contribution in [3.05, 3.63) is 78.9 Å². The highest BCUT2D eigenvalue weighted by molar-refractivity contribution is 7.50. The van der Waals surface area contributed by atoms with E-state index in [0.29, 0.717) is 0 Å². The summed E-state index contributed by atoms with van der Waals surface area (Å²) in [6, 6.07) is 28.4. The Hall–Kier alpha value is -2.12. The van der Waals surface area contributed by atoms with Crippen LogP contribution in [-0.4, -0.2) is 0 Å². The van der Waals surface area contributed by atoms with Crippen LogP contribution in [0.25, 0.3) is 25.1 Å². The number of fused-ring (bicyclic) bond motifs is 3. The number of hydrogen-bond acceptors (Lipinski definition) is 0. The van der Waals surface area contributed by atoms with Crippen molar-refractivity contribution in [1.29, 1.82) is 0 Å². The van der Waals surface area contributed by atoms with Crippen LogP contribution in [0.4, 0.5) is 0 Å². The van der Waals surface area contributed by atoms with Gasteiger partial charge in [0.15, 0.2) is 14.3 Å². The zero-order chi connectivity index (χ0) is 18.7. The standard InChI is InChI=1S/C18H13S.3C2H6/c1-2-8-14(9-3-1)19-17-12-6-4-10-15(17)16-11-5-7-13-18(16)19;3*1-2/h1-13H;3*1-2H3/q+1;;;. The lowest BCUT2D eigenvalue weighted by atomic mass is 10.2. The van der Waals surface area contributed by atoms with E-state index in [1.54, 1.807) is 0 Å². The van der Waals surface area contributed by atoms with Crippen LogP contribution >= 0.6 is 10.5 Å². The third-order valence-electron chi connectivity index (χ3n) is 3.48. The van der Waals surface area contributed by atoms with E-state index in [4.69, 9.17) is 0 Å². The van der Waals surface area contributed by atoms with Gasteiger partial charge in [0.25, 0.3) is 0 Å². The lowest BCUT2D eigenvalue weighted by Crippen LogP contribution is -1.68. The number of hydrogen-bond donors (Lipinski definition) is 0. The van der Waals surface area contributed by atoms with Gasteiger partial charge >= 0.3 is 0 Å². The second-order valence-electron chi connectivity index (χ2n) is 4.61. The first kappa shape index (κ1) is 20.9. The lowest BCUT2D eigenvalue weighted by Gasteiger charge is -1.91. The lowest BCUT2D eigenvalue weighted by molar-refractivity contribution is 1.50. The van der Waals surface area contributed by atoms with E-state index in [-0.39, 0.29) is 10.5 Å². The fourth-order valence-corrected chi connectivity index (χ4v) is 5.06. The van der Waals surface area contributed by atoms with Crippen LogP contribution in [0, 0.1) is 0 Å². The molecule has 0 bridgehead atoms. The largest absolute Gasteiger partial charge is 0.187 e. The summed E-state index contributed by atoms with van der Waals surface area (Å²) in [5, 5.41) is 2.79. The Balaban J connectivity index is 0.000000475. The molecule has 0 N–H and O–H groups in total. The van der Waals surface area contributed by atoms with Gasteiger partial charge in [0.2, 0.25) is 0 Å². The summed E-state index contributed by atoms with van der Waals surface area (Å²) in [7, 11) is 0.0594. The smallest absolute Gasteiger partial charge is 0.0683 e. The summed E-state index contributed by atoms with van der Waals surface area (Å²) in [6.45, 7) is 12.0. The minimum atomic E-state index is 0.0594. The molecule has 0 amide bonds. The molecule has 25 heavy (non-hydrogen) atoms. The van der Waals surface area contributed by atoms with Gasteiger partial charge in [-0.3, -0.25) is 0 Å².